The largest absolute Gasteiger partial charge is 0.469 e. The highest BCUT2D eigenvalue weighted by molar-refractivity contribution is 7.46. The molecule has 0 aliphatic carbocycles. The number of phosphoric acid groups is 1. The summed E-state index contributed by atoms with van der Waals surface area (Å²) in [5.74, 6) is -0.941. The first-order valence-electron chi connectivity index (χ1n) is 24.4. The maximum atomic E-state index is 12.4. The maximum absolute atomic E-state index is 12.4. The van der Waals surface area contributed by atoms with Crippen molar-refractivity contribution in [2.45, 2.75) is 245 Å². The molecule has 9 heteroatoms. The molecule has 0 aromatic heterocycles. The van der Waals surface area contributed by atoms with E-state index in [1.54, 1.807) is 0 Å². The number of esters is 2. The van der Waals surface area contributed by atoms with Crippen LogP contribution < -0.4 is 0 Å². The molecule has 59 heavy (non-hydrogen) atoms. The molecule has 1 atom stereocenters. The van der Waals surface area contributed by atoms with E-state index in [2.05, 4.69) is 60.9 Å². The Hall–Kier alpha value is -1.99. The normalized spacial score (nSPS) is 12.8. The van der Waals surface area contributed by atoms with Gasteiger partial charge in [0.25, 0.3) is 0 Å². The molecule has 8 nitrogen and oxygen atoms in total. The van der Waals surface area contributed by atoms with Crippen LogP contribution in [0.5, 0.6) is 0 Å². The van der Waals surface area contributed by atoms with Crippen LogP contribution in [0.3, 0.4) is 0 Å². The van der Waals surface area contributed by atoms with Crippen molar-refractivity contribution >= 4 is 19.8 Å². The van der Waals surface area contributed by atoms with Crippen LogP contribution in [0.2, 0.25) is 0 Å². The number of allylic oxidation sites excluding steroid dienone is 8. The zero-order valence-electron chi connectivity index (χ0n) is 38.2. The van der Waals surface area contributed by atoms with Crippen LogP contribution in [0.4, 0.5) is 0 Å². The number of carbonyl (C=O) groups is 2. The highest BCUT2D eigenvalue weighted by Crippen LogP contribution is 2.36. The van der Waals surface area contributed by atoms with Gasteiger partial charge in [-0.1, -0.05) is 223 Å². The number of phosphoric ester groups is 1. The Morgan fingerprint density at radius 3 is 1.19 bits per heavy atom. The van der Waals surface area contributed by atoms with Gasteiger partial charge in [0.1, 0.15) is 6.61 Å². The third-order valence-electron chi connectivity index (χ3n) is 10.6. The van der Waals surface area contributed by atoms with Gasteiger partial charge in [0.15, 0.2) is 6.10 Å². The number of hydrogen-bond donors (Lipinski definition) is 2. The summed E-state index contributed by atoms with van der Waals surface area (Å²) in [4.78, 5) is 43.0. The third-order valence-corrected chi connectivity index (χ3v) is 11.1. The van der Waals surface area contributed by atoms with Gasteiger partial charge < -0.3 is 19.3 Å². The third kappa shape index (κ3) is 48.6. The van der Waals surface area contributed by atoms with Crippen molar-refractivity contribution < 1.29 is 37.9 Å². The standard InChI is InChI=1S/C50H91O8P/c1-3-5-7-9-11-13-15-17-19-21-23-25-27-29-31-33-35-37-39-41-43-45-50(52)58-48(47-57-59(53,54)55)46-56-49(51)44-42-40-38-36-34-32-30-28-26-24-22-20-18-16-14-12-10-8-6-4-2/h19,21,25,27,31,33,37,39,48H,3-18,20,22-24,26,28-30,32,34-36,38,40-47H2,1-2H3,(H2,53,54,55)/b21-19+,27-25+,33-31+,39-37+/t48-/m1/s1. The van der Waals surface area contributed by atoms with Gasteiger partial charge in [0, 0.05) is 12.8 Å². The van der Waals surface area contributed by atoms with Gasteiger partial charge in [-0.2, -0.15) is 0 Å². The first kappa shape index (κ1) is 57.0. The number of ether oxygens (including phenoxy) is 2. The molecule has 0 heterocycles. The lowest BCUT2D eigenvalue weighted by atomic mass is 10.0. The first-order valence-corrected chi connectivity index (χ1v) is 26.0. The van der Waals surface area contributed by atoms with Gasteiger partial charge in [-0.05, 0) is 51.4 Å². The van der Waals surface area contributed by atoms with Gasteiger partial charge in [0.05, 0.1) is 6.61 Å². The molecule has 344 valence electrons. The topological polar surface area (TPSA) is 119 Å². The second kappa shape index (κ2) is 45.5. The summed E-state index contributed by atoms with van der Waals surface area (Å²) in [6, 6.07) is 0. The second-order valence-electron chi connectivity index (χ2n) is 16.4. The lowest BCUT2D eigenvalue weighted by molar-refractivity contribution is -0.161. The molecular weight excluding hydrogens is 760 g/mol. The number of carbonyl (C=O) groups excluding carboxylic acids is 2. The predicted molar refractivity (Wildman–Crippen MR) is 248 cm³/mol. The summed E-state index contributed by atoms with van der Waals surface area (Å²) in [5, 5.41) is 0. The SMILES string of the molecule is CCCCCCCCC/C=C/C/C=C/C/C=C/C/C=C/CCCC(=O)O[C@H](COC(=O)CCCCCCCCCCCCCCCCCCCCCC)COP(=O)(O)O. The van der Waals surface area contributed by atoms with Crippen molar-refractivity contribution in [3.8, 4) is 0 Å². The molecule has 0 radical (unpaired) electrons. The predicted octanol–water partition coefficient (Wildman–Crippen LogP) is 15.5. The van der Waals surface area contributed by atoms with E-state index in [-0.39, 0.29) is 19.4 Å². The van der Waals surface area contributed by atoms with Gasteiger partial charge in [-0.3, -0.25) is 14.1 Å². The molecule has 0 spiro atoms. The minimum Gasteiger partial charge on any atom is -0.462 e. The number of unbranched alkanes of at least 4 members (excludes halogenated alkanes) is 27. The Morgan fingerprint density at radius 2 is 0.780 bits per heavy atom. The highest BCUT2D eigenvalue weighted by atomic mass is 31.2. The highest BCUT2D eigenvalue weighted by Gasteiger charge is 2.22. The summed E-state index contributed by atoms with van der Waals surface area (Å²) >= 11 is 0. The minimum atomic E-state index is -4.77. The van der Waals surface area contributed by atoms with Crippen molar-refractivity contribution in [3.63, 3.8) is 0 Å². The van der Waals surface area contributed by atoms with E-state index in [0.717, 1.165) is 38.5 Å². The van der Waals surface area contributed by atoms with Crippen LogP contribution in [0.15, 0.2) is 48.6 Å². The van der Waals surface area contributed by atoms with Crippen LogP contribution in [0, 0.1) is 0 Å². The van der Waals surface area contributed by atoms with Crippen LogP contribution >= 0.6 is 7.82 Å². The lowest BCUT2D eigenvalue weighted by Crippen LogP contribution is -2.29. The summed E-state index contributed by atoms with van der Waals surface area (Å²) in [5.41, 5.74) is 0. The van der Waals surface area contributed by atoms with E-state index < -0.39 is 32.5 Å². The fourth-order valence-electron chi connectivity index (χ4n) is 6.96. The molecule has 0 rings (SSSR count). The zero-order chi connectivity index (χ0) is 43.2. The fraction of sp³-hybridized carbons (Fsp3) is 0.800. The molecule has 0 amide bonds. The monoisotopic (exact) mass is 851 g/mol. The van der Waals surface area contributed by atoms with Crippen LogP contribution in [-0.4, -0.2) is 41.0 Å². The van der Waals surface area contributed by atoms with E-state index >= 15 is 0 Å². The van der Waals surface area contributed by atoms with E-state index in [9.17, 15) is 14.2 Å². The Morgan fingerprint density at radius 1 is 0.441 bits per heavy atom. The van der Waals surface area contributed by atoms with Crippen molar-refractivity contribution in [2.24, 2.45) is 0 Å². The van der Waals surface area contributed by atoms with Crippen molar-refractivity contribution in [2.75, 3.05) is 13.2 Å². The summed E-state index contributed by atoms with van der Waals surface area (Å²) in [6.45, 7) is 3.67. The van der Waals surface area contributed by atoms with Gasteiger partial charge in [-0.25, -0.2) is 4.57 Å². The van der Waals surface area contributed by atoms with E-state index in [1.165, 1.54) is 161 Å². The number of rotatable bonds is 45. The van der Waals surface area contributed by atoms with Crippen LogP contribution in [0.1, 0.15) is 239 Å². The zero-order valence-corrected chi connectivity index (χ0v) is 39.0. The van der Waals surface area contributed by atoms with Crippen molar-refractivity contribution in [1.82, 2.24) is 0 Å². The molecule has 0 unspecified atom stereocenters. The molecule has 0 bridgehead atoms. The van der Waals surface area contributed by atoms with E-state index in [4.69, 9.17) is 19.3 Å². The molecule has 0 saturated heterocycles. The maximum Gasteiger partial charge on any atom is 0.469 e. The van der Waals surface area contributed by atoms with E-state index in [0.29, 0.717) is 12.8 Å². The molecule has 0 saturated carbocycles. The Balaban J connectivity index is 3.92. The molecular formula is C50H91O8P. The van der Waals surface area contributed by atoms with Gasteiger partial charge in [0.2, 0.25) is 0 Å². The Kier molecular flexibility index (Phi) is 44.0. The smallest absolute Gasteiger partial charge is 0.462 e. The summed E-state index contributed by atoms with van der Waals surface area (Å²) in [7, 11) is -4.77. The Labute approximate surface area is 363 Å². The first-order chi connectivity index (χ1) is 28.8. The van der Waals surface area contributed by atoms with Crippen molar-refractivity contribution in [3.05, 3.63) is 48.6 Å². The van der Waals surface area contributed by atoms with Crippen molar-refractivity contribution in [1.29, 1.82) is 0 Å². The minimum absolute atomic E-state index is 0.137. The molecule has 0 aliphatic heterocycles. The molecule has 2 N–H and O–H groups in total. The summed E-state index contributed by atoms with van der Waals surface area (Å²) in [6.07, 6.45) is 57.1. The molecule has 0 fully saturated rings. The molecule has 0 aromatic carbocycles. The van der Waals surface area contributed by atoms with E-state index in [1.807, 2.05) is 6.08 Å². The van der Waals surface area contributed by atoms with Gasteiger partial charge >= 0.3 is 19.8 Å². The average molecular weight is 851 g/mol. The number of hydrogen-bond acceptors (Lipinski definition) is 6. The molecule has 0 aromatic rings. The summed E-state index contributed by atoms with van der Waals surface area (Å²) < 4.78 is 26.4. The van der Waals surface area contributed by atoms with Crippen LogP contribution in [0.25, 0.3) is 0 Å². The lowest BCUT2D eigenvalue weighted by Gasteiger charge is -2.18. The quantitative estimate of drug-likeness (QED) is 0.0269. The Bertz CT molecular complexity index is 1090. The van der Waals surface area contributed by atoms with Gasteiger partial charge in [-0.15, -0.1) is 0 Å². The second-order valence-corrected chi connectivity index (χ2v) is 17.7. The molecule has 0 aliphatic rings. The average Bonchev–Trinajstić information content (AvgIpc) is 3.21. The fourth-order valence-corrected chi connectivity index (χ4v) is 7.32. The van der Waals surface area contributed by atoms with Crippen LogP contribution in [-0.2, 0) is 28.2 Å².